The van der Waals surface area contributed by atoms with E-state index < -0.39 is 0 Å². The van der Waals surface area contributed by atoms with Gasteiger partial charge in [0, 0.05) is 12.1 Å². The highest BCUT2D eigenvalue weighted by atomic mass is 16.3. The first-order valence-electron chi connectivity index (χ1n) is 6.86. The first-order valence-corrected chi connectivity index (χ1v) is 6.86. The fourth-order valence-electron chi connectivity index (χ4n) is 2.80. The van der Waals surface area contributed by atoms with Crippen LogP contribution >= 0.6 is 0 Å². The highest BCUT2D eigenvalue weighted by molar-refractivity contribution is 5.97. The Balaban J connectivity index is 1.93. The summed E-state index contributed by atoms with van der Waals surface area (Å²) in [5, 5.41) is 9.70. The highest BCUT2D eigenvalue weighted by Gasteiger charge is 2.30. The zero-order valence-electron chi connectivity index (χ0n) is 11.2. The van der Waals surface area contributed by atoms with E-state index in [1.165, 1.54) is 0 Å². The Labute approximate surface area is 118 Å². The number of hydrogen-bond donors (Lipinski definition) is 1. The molecule has 0 aromatic heterocycles. The van der Waals surface area contributed by atoms with Crippen molar-refractivity contribution >= 4 is 5.91 Å². The lowest BCUT2D eigenvalue weighted by molar-refractivity contribution is 0.0570. The van der Waals surface area contributed by atoms with Gasteiger partial charge >= 0.3 is 0 Å². The Morgan fingerprint density at radius 1 is 1.05 bits per heavy atom. The summed E-state index contributed by atoms with van der Waals surface area (Å²) >= 11 is 0. The first-order chi connectivity index (χ1) is 9.81. The number of benzene rings is 2. The minimum absolute atomic E-state index is 0.00903. The SMILES string of the molecule is O=C1c2ccccc2CCN1[C@H](CO)c1ccccc1. The molecule has 0 saturated heterocycles. The van der Waals surface area contributed by atoms with E-state index in [1.807, 2.05) is 54.6 Å². The van der Waals surface area contributed by atoms with Crippen molar-refractivity contribution in [1.82, 2.24) is 4.90 Å². The first kappa shape index (κ1) is 12.9. The summed E-state index contributed by atoms with van der Waals surface area (Å²) in [6.45, 7) is 0.591. The number of carbonyl (C=O) groups is 1. The van der Waals surface area contributed by atoms with Crippen LogP contribution in [0, 0.1) is 0 Å². The molecule has 2 aromatic rings. The van der Waals surface area contributed by atoms with E-state index in [0.717, 1.165) is 23.1 Å². The zero-order valence-corrected chi connectivity index (χ0v) is 11.2. The van der Waals surface area contributed by atoms with Crippen LogP contribution in [0.25, 0.3) is 0 Å². The van der Waals surface area contributed by atoms with Crippen LogP contribution in [0.1, 0.15) is 27.5 Å². The van der Waals surface area contributed by atoms with E-state index in [2.05, 4.69) is 0 Å². The lowest BCUT2D eigenvalue weighted by Crippen LogP contribution is -2.41. The Morgan fingerprint density at radius 3 is 2.50 bits per heavy atom. The van der Waals surface area contributed by atoms with Crippen LogP contribution in [0.4, 0.5) is 0 Å². The predicted octanol–water partition coefficient (Wildman–Crippen LogP) is 2.42. The van der Waals surface area contributed by atoms with Gasteiger partial charge in [-0.05, 0) is 23.6 Å². The van der Waals surface area contributed by atoms with Gasteiger partial charge in [-0.2, -0.15) is 0 Å². The maximum absolute atomic E-state index is 12.6. The molecule has 0 radical (unpaired) electrons. The molecule has 0 bridgehead atoms. The number of carbonyl (C=O) groups excluding carboxylic acids is 1. The molecule has 0 spiro atoms. The molecule has 3 heteroatoms. The Bertz CT molecular complexity index is 609. The fourth-order valence-corrected chi connectivity index (χ4v) is 2.80. The van der Waals surface area contributed by atoms with Gasteiger partial charge in [-0.15, -0.1) is 0 Å². The van der Waals surface area contributed by atoms with Crippen LogP contribution in [-0.2, 0) is 6.42 Å². The van der Waals surface area contributed by atoms with Crippen molar-refractivity contribution in [2.45, 2.75) is 12.5 Å². The van der Waals surface area contributed by atoms with Crippen molar-refractivity contribution in [2.24, 2.45) is 0 Å². The van der Waals surface area contributed by atoms with Crippen LogP contribution in [-0.4, -0.2) is 29.1 Å². The summed E-state index contributed by atoms with van der Waals surface area (Å²) in [5.41, 5.74) is 2.83. The summed E-state index contributed by atoms with van der Waals surface area (Å²) in [6, 6.07) is 17.1. The third-order valence-corrected chi connectivity index (χ3v) is 3.86. The summed E-state index contributed by atoms with van der Waals surface area (Å²) in [5.74, 6) is 0.00903. The van der Waals surface area contributed by atoms with Crippen molar-refractivity contribution < 1.29 is 9.90 Å². The van der Waals surface area contributed by atoms with Crippen molar-refractivity contribution in [1.29, 1.82) is 0 Å². The van der Waals surface area contributed by atoms with Crippen molar-refractivity contribution in [3.63, 3.8) is 0 Å². The molecule has 0 saturated carbocycles. The van der Waals surface area contributed by atoms with Gasteiger partial charge in [0.05, 0.1) is 12.6 Å². The van der Waals surface area contributed by atoms with Crippen LogP contribution in [0.2, 0.25) is 0 Å². The zero-order chi connectivity index (χ0) is 13.9. The van der Waals surface area contributed by atoms with E-state index >= 15 is 0 Å². The second-order valence-corrected chi connectivity index (χ2v) is 5.01. The smallest absolute Gasteiger partial charge is 0.254 e. The summed E-state index contributed by atoms with van der Waals surface area (Å²) in [6.07, 6.45) is 0.839. The molecule has 1 heterocycles. The van der Waals surface area contributed by atoms with E-state index in [-0.39, 0.29) is 18.6 Å². The number of nitrogens with zero attached hydrogens (tertiary/aromatic N) is 1. The second-order valence-electron chi connectivity index (χ2n) is 5.01. The van der Waals surface area contributed by atoms with Crippen LogP contribution in [0.3, 0.4) is 0 Å². The van der Waals surface area contributed by atoms with Crippen molar-refractivity contribution in [2.75, 3.05) is 13.2 Å². The molecule has 1 aliphatic heterocycles. The van der Waals surface area contributed by atoms with Crippen molar-refractivity contribution in [3.8, 4) is 0 Å². The highest BCUT2D eigenvalue weighted by Crippen LogP contribution is 2.27. The molecule has 1 aliphatic rings. The lowest BCUT2D eigenvalue weighted by Gasteiger charge is -2.34. The van der Waals surface area contributed by atoms with Crippen LogP contribution in [0.5, 0.6) is 0 Å². The number of fused-ring (bicyclic) bond motifs is 1. The Morgan fingerprint density at radius 2 is 1.75 bits per heavy atom. The molecule has 1 N–H and O–H groups in total. The third kappa shape index (κ3) is 2.21. The van der Waals surface area contributed by atoms with Gasteiger partial charge in [0.25, 0.3) is 5.91 Å². The molecule has 0 unspecified atom stereocenters. The van der Waals surface area contributed by atoms with Crippen molar-refractivity contribution in [3.05, 3.63) is 71.3 Å². The lowest BCUT2D eigenvalue weighted by atomic mass is 9.96. The number of amides is 1. The molecule has 0 aliphatic carbocycles. The van der Waals surface area contributed by atoms with Crippen LogP contribution < -0.4 is 0 Å². The monoisotopic (exact) mass is 267 g/mol. The quantitative estimate of drug-likeness (QED) is 0.927. The number of aliphatic hydroxyl groups excluding tert-OH is 1. The molecule has 2 aromatic carbocycles. The standard InChI is InChI=1S/C17H17NO2/c19-12-16(14-7-2-1-3-8-14)18-11-10-13-6-4-5-9-15(13)17(18)20/h1-9,16,19H,10-12H2/t16-/m1/s1. The summed E-state index contributed by atoms with van der Waals surface area (Å²) in [4.78, 5) is 14.4. The molecule has 1 atom stereocenters. The van der Waals surface area contributed by atoms with Gasteiger partial charge in [-0.1, -0.05) is 48.5 Å². The van der Waals surface area contributed by atoms with E-state index in [9.17, 15) is 9.90 Å². The molecule has 20 heavy (non-hydrogen) atoms. The number of hydrogen-bond acceptors (Lipinski definition) is 2. The van der Waals surface area contributed by atoms with E-state index in [1.54, 1.807) is 4.90 Å². The summed E-state index contributed by atoms with van der Waals surface area (Å²) < 4.78 is 0. The molecule has 3 rings (SSSR count). The van der Waals surface area contributed by atoms with E-state index in [4.69, 9.17) is 0 Å². The summed E-state index contributed by atoms with van der Waals surface area (Å²) in [7, 11) is 0. The largest absolute Gasteiger partial charge is 0.394 e. The molecule has 0 fully saturated rings. The van der Waals surface area contributed by atoms with Crippen LogP contribution in [0.15, 0.2) is 54.6 Å². The average molecular weight is 267 g/mol. The number of rotatable bonds is 3. The van der Waals surface area contributed by atoms with E-state index in [0.29, 0.717) is 6.54 Å². The molecule has 3 nitrogen and oxygen atoms in total. The molecular formula is C17H17NO2. The number of aliphatic hydroxyl groups is 1. The Hall–Kier alpha value is -2.13. The van der Waals surface area contributed by atoms with Gasteiger partial charge < -0.3 is 10.0 Å². The molecule has 1 amide bonds. The predicted molar refractivity (Wildman–Crippen MR) is 77.5 cm³/mol. The second kappa shape index (κ2) is 5.47. The normalized spacial score (nSPS) is 15.8. The minimum atomic E-state index is -0.267. The average Bonchev–Trinajstić information content (AvgIpc) is 2.51. The van der Waals surface area contributed by atoms with Gasteiger partial charge in [-0.3, -0.25) is 4.79 Å². The maximum Gasteiger partial charge on any atom is 0.254 e. The topological polar surface area (TPSA) is 40.5 Å². The molecule has 102 valence electrons. The maximum atomic E-state index is 12.6. The third-order valence-electron chi connectivity index (χ3n) is 3.86. The van der Waals surface area contributed by atoms with Gasteiger partial charge in [0.15, 0.2) is 0 Å². The fraction of sp³-hybridized carbons (Fsp3) is 0.235. The van der Waals surface area contributed by atoms with Gasteiger partial charge in [0.2, 0.25) is 0 Å². The Kier molecular flexibility index (Phi) is 3.52. The minimum Gasteiger partial charge on any atom is -0.394 e. The molecular weight excluding hydrogens is 250 g/mol. The van der Waals surface area contributed by atoms with Gasteiger partial charge in [0.1, 0.15) is 0 Å². The van der Waals surface area contributed by atoms with Gasteiger partial charge in [-0.25, -0.2) is 0 Å².